The molecule has 0 spiro atoms. The molecule has 1 aliphatic heterocycles. The van der Waals surface area contributed by atoms with Crippen LogP contribution in [-0.4, -0.2) is 18.3 Å². The summed E-state index contributed by atoms with van der Waals surface area (Å²) in [5.74, 6) is -0.544. The Kier molecular flexibility index (Phi) is 3.50. The molecule has 1 aromatic carbocycles. The molecule has 0 bridgehead atoms. The number of fused-ring (bicyclic) bond motifs is 1. The highest BCUT2D eigenvalue weighted by Gasteiger charge is 2.43. The number of ether oxygens (including phenoxy) is 1. The van der Waals surface area contributed by atoms with Crippen LogP contribution >= 0.6 is 0 Å². The molecule has 3 rings (SSSR count). The summed E-state index contributed by atoms with van der Waals surface area (Å²) in [4.78, 5) is 17.0. The summed E-state index contributed by atoms with van der Waals surface area (Å²) in [7, 11) is 0. The number of carbonyl (C=O) groups is 1. The van der Waals surface area contributed by atoms with Gasteiger partial charge >= 0.3 is 5.97 Å². The van der Waals surface area contributed by atoms with Crippen LogP contribution in [0.4, 0.5) is 0 Å². The first-order valence-corrected chi connectivity index (χ1v) is 6.83. The lowest BCUT2D eigenvalue weighted by atomic mass is 9.82. The van der Waals surface area contributed by atoms with Crippen molar-refractivity contribution in [1.29, 1.82) is 0 Å². The third-order valence-corrected chi connectivity index (χ3v) is 3.55. The summed E-state index contributed by atoms with van der Waals surface area (Å²) < 4.78 is 5.24. The van der Waals surface area contributed by atoms with Crippen molar-refractivity contribution in [2.75, 3.05) is 6.61 Å². The zero-order valence-electron chi connectivity index (χ0n) is 11.3. The van der Waals surface area contributed by atoms with Crippen molar-refractivity contribution in [3.63, 3.8) is 0 Å². The van der Waals surface area contributed by atoms with E-state index in [0.717, 1.165) is 17.3 Å². The highest BCUT2D eigenvalue weighted by molar-refractivity contribution is 6.14. The summed E-state index contributed by atoms with van der Waals surface area (Å²) in [6.45, 7) is 2.21. The smallest absolute Gasteiger partial charge is 0.315 e. The average molecular weight is 266 g/mol. The van der Waals surface area contributed by atoms with Crippen molar-refractivity contribution in [3.05, 3.63) is 66.2 Å². The fourth-order valence-corrected chi connectivity index (χ4v) is 2.66. The molecule has 3 nitrogen and oxygen atoms in total. The molecule has 0 fully saturated rings. The number of hydrogen-bond donors (Lipinski definition) is 0. The van der Waals surface area contributed by atoms with Gasteiger partial charge in [-0.2, -0.15) is 0 Å². The van der Waals surface area contributed by atoms with Crippen molar-refractivity contribution < 1.29 is 9.53 Å². The minimum Gasteiger partial charge on any atom is -0.465 e. The molecule has 2 aliphatic rings. The van der Waals surface area contributed by atoms with Crippen LogP contribution in [0.25, 0.3) is 0 Å². The number of hydrogen-bond acceptors (Lipinski definition) is 3. The number of benzene rings is 1. The van der Waals surface area contributed by atoms with Crippen LogP contribution in [0.15, 0.2) is 59.6 Å². The van der Waals surface area contributed by atoms with Gasteiger partial charge in [-0.3, -0.25) is 9.79 Å². The van der Waals surface area contributed by atoms with Gasteiger partial charge in [-0.15, -0.1) is 0 Å². The van der Waals surface area contributed by atoms with E-state index in [-0.39, 0.29) is 17.8 Å². The normalized spacial score (nSPS) is 24.4. The largest absolute Gasteiger partial charge is 0.465 e. The molecule has 0 N–H and O–H groups in total. The summed E-state index contributed by atoms with van der Waals surface area (Å²) >= 11 is 0. The van der Waals surface area contributed by atoms with Crippen LogP contribution in [0.5, 0.6) is 0 Å². The van der Waals surface area contributed by atoms with Crippen LogP contribution in [-0.2, 0) is 9.53 Å². The van der Waals surface area contributed by atoms with Crippen LogP contribution < -0.4 is 0 Å². The molecule has 2 unspecified atom stereocenters. The van der Waals surface area contributed by atoms with Crippen molar-refractivity contribution in [2.24, 2.45) is 16.8 Å². The monoisotopic (exact) mass is 266 g/mol. The molecule has 2 atom stereocenters. The summed E-state index contributed by atoms with van der Waals surface area (Å²) in [6, 6.07) is 10.8. The summed E-state index contributed by atoms with van der Waals surface area (Å²) in [6.07, 6.45) is 7.90. The van der Waals surface area contributed by atoms with Gasteiger partial charge in [0.05, 0.1) is 12.3 Å². The van der Waals surface area contributed by atoms with E-state index >= 15 is 0 Å². The number of nitrogens with zero attached hydrogens (tertiary/aromatic N) is 1. The van der Waals surface area contributed by atoms with Gasteiger partial charge in [0, 0.05) is 5.92 Å². The van der Waals surface area contributed by atoms with Crippen LogP contribution in [0, 0.1) is 17.9 Å². The number of rotatable bonds is 3. The fourth-order valence-electron chi connectivity index (χ4n) is 2.66. The lowest BCUT2D eigenvalue weighted by Crippen LogP contribution is -2.30. The lowest BCUT2D eigenvalue weighted by molar-refractivity contribution is -0.146. The van der Waals surface area contributed by atoms with Crippen LogP contribution in [0.2, 0.25) is 0 Å². The van der Waals surface area contributed by atoms with E-state index in [2.05, 4.69) is 4.99 Å². The van der Waals surface area contributed by atoms with Gasteiger partial charge in [-0.1, -0.05) is 54.6 Å². The van der Waals surface area contributed by atoms with Crippen LogP contribution in [0.3, 0.4) is 0 Å². The highest BCUT2D eigenvalue weighted by atomic mass is 16.5. The van der Waals surface area contributed by atoms with E-state index in [1.54, 1.807) is 0 Å². The molecule has 1 heterocycles. The van der Waals surface area contributed by atoms with E-state index in [1.807, 2.05) is 61.6 Å². The second kappa shape index (κ2) is 5.45. The highest BCUT2D eigenvalue weighted by Crippen LogP contribution is 2.39. The zero-order valence-corrected chi connectivity index (χ0v) is 11.3. The standard InChI is InChI=1S/C17H16NO2/c1-2-20-17(19)15-13-10-6-7-11-14(13)18-16(15)12-8-4-3-5-9-12/h3-11,13,15H,2H2,1H3. The first-order chi connectivity index (χ1) is 9.81. The van der Waals surface area contributed by atoms with E-state index in [4.69, 9.17) is 4.74 Å². The van der Waals surface area contributed by atoms with Gasteiger partial charge in [0.2, 0.25) is 0 Å². The Morgan fingerprint density at radius 2 is 2.05 bits per heavy atom. The topological polar surface area (TPSA) is 38.7 Å². The lowest BCUT2D eigenvalue weighted by Gasteiger charge is -2.20. The van der Waals surface area contributed by atoms with E-state index in [9.17, 15) is 4.79 Å². The molecule has 0 saturated heterocycles. The van der Waals surface area contributed by atoms with Gasteiger partial charge in [0.25, 0.3) is 0 Å². The maximum atomic E-state index is 12.3. The van der Waals surface area contributed by atoms with E-state index in [1.165, 1.54) is 0 Å². The number of carbonyl (C=O) groups excluding carboxylic acids is 1. The van der Waals surface area contributed by atoms with Gasteiger partial charge < -0.3 is 4.74 Å². The zero-order chi connectivity index (χ0) is 13.9. The summed E-state index contributed by atoms with van der Waals surface area (Å²) in [5, 5.41) is 0. The van der Waals surface area contributed by atoms with Gasteiger partial charge in [-0.05, 0) is 12.5 Å². The average Bonchev–Trinajstić information content (AvgIpc) is 2.88. The Hall–Kier alpha value is -2.16. The first kappa shape index (κ1) is 12.9. The molecule has 20 heavy (non-hydrogen) atoms. The van der Waals surface area contributed by atoms with Gasteiger partial charge in [-0.25, -0.2) is 0 Å². The third kappa shape index (κ3) is 2.20. The second-order valence-corrected chi connectivity index (χ2v) is 4.79. The Morgan fingerprint density at radius 3 is 2.80 bits per heavy atom. The molecule has 1 radical (unpaired) electrons. The minimum absolute atomic E-state index is 0.00532. The van der Waals surface area contributed by atoms with Crippen molar-refractivity contribution in [3.8, 4) is 0 Å². The molecule has 101 valence electrons. The minimum atomic E-state index is -0.339. The molecule has 0 amide bonds. The quantitative estimate of drug-likeness (QED) is 0.789. The van der Waals surface area contributed by atoms with Crippen molar-refractivity contribution in [2.45, 2.75) is 6.92 Å². The Balaban J connectivity index is 1.99. The predicted molar refractivity (Wildman–Crippen MR) is 78.1 cm³/mol. The molecule has 0 aromatic heterocycles. The molecule has 1 aromatic rings. The SMILES string of the molecule is CCOC(=O)C1C(c2ccccc2)=N[C]2C=CC=CC21. The summed E-state index contributed by atoms with van der Waals surface area (Å²) in [5.41, 5.74) is 1.79. The van der Waals surface area contributed by atoms with Crippen molar-refractivity contribution >= 4 is 11.7 Å². The third-order valence-electron chi connectivity index (χ3n) is 3.55. The molecule has 1 aliphatic carbocycles. The van der Waals surface area contributed by atoms with E-state index in [0.29, 0.717) is 6.61 Å². The second-order valence-electron chi connectivity index (χ2n) is 4.79. The Morgan fingerprint density at radius 1 is 1.25 bits per heavy atom. The van der Waals surface area contributed by atoms with Crippen LogP contribution in [0.1, 0.15) is 12.5 Å². The van der Waals surface area contributed by atoms with Gasteiger partial charge in [0.1, 0.15) is 12.0 Å². The number of aliphatic imine (C=N–C) groups is 1. The maximum Gasteiger partial charge on any atom is 0.315 e. The molecular formula is C17H16NO2. The molecule has 0 saturated carbocycles. The predicted octanol–water partition coefficient (Wildman–Crippen LogP) is 2.94. The molecule has 3 heteroatoms. The Bertz CT molecular complexity index is 586. The molecular weight excluding hydrogens is 250 g/mol. The van der Waals surface area contributed by atoms with Gasteiger partial charge in [0.15, 0.2) is 0 Å². The number of allylic oxidation sites excluding steroid dienone is 2. The Labute approximate surface area is 118 Å². The first-order valence-electron chi connectivity index (χ1n) is 6.83. The van der Waals surface area contributed by atoms with Crippen molar-refractivity contribution in [1.82, 2.24) is 0 Å². The fraction of sp³-hybridized carbons (Fsp3) is 0.235. The number of esters is 1. The van der Waals surface area contributed by atoms with E-state index < -0.39 is 0 Å². The maximum absolute atomic E-state index is 12.3.